The number of hydrogen-bond acceptors (Lipinski definition) is 3. The summed E-state index contributed by atoms with van der Waals surface area (Å²) in [6, 6.07) is 1.01. The molecule has 4 nitrogen and oxygen atoms in total. The molecule has 2 saturated heterocycles. The lowest BCUT2D eigenvalue weighted by Gasteiger charge is -2.33. The van der Waals surface area contributed by atoms with E-state index < -0.39 is 0 Å². The third-order valence-corrected chi connectivity index (χ3v) is 3.95. The summed E-state index contributed by atoms with van der Waals surface area (Å²) in [6.07, 6.45) is 4.19. The fourth-order valence-corrected chi connectivity index (χ4v) is 2.98. The zero-order valence-corrected chi connectivity index (χ0v) is 11.7. The van der Waals surface area contributed by atoms with Crippen molar-refractivity contribution in [2.45, 2.75) is 51.6 Å². The topological polar surface area (TPSA) is 44.4 Å². The van der Waals surface area contributed by atoms with Crippen molar-refractivity contribution >= 4 is 5.91 Å². The SMILES string of the molecule is CC(C)CN1CCC(NCC2CCC(=O)N2)CC1. The molecule has 0 radical (unpaired) electrons. The van der Waals surface area contributed by atoms with Crippen molar-refractivity contribution in [1.29, 1.82) is 0 Å². The van der Waals surface area contributed by atoms with Gasteiger partial charge >= 0.3 is 0 Å². The maximum atomic E-state index is 11.1. The smallest absolute Gasteiger partial charge is 0.220 e. The first kappa shape index (κ1) is 13.8. The van der Waals surface area contributed by atoms with Crippen molar-refractivity contribution in [3.05, 3.63) is 0 Å². The molecule has 0 aliphatic carbocycles. The number of likely N-dealkylation sites (tertiary alicyclic amines) is 1. The van der Waals surface area contributed by atoms with Crippen LogP contribution in [0.2, 0.25) is 0 Å². The molecule has 2 fully saturated rings. The zero-order chi connectivity index (χ0) is 13.0. The number of nitrogens with one attached hydrogen (secondary N) is 2. The highest BCUT2D eigenvalue weighted by molar-refractivity contribution is 5.78. The molecule has 2 heterocycles. The van der Waals surface area contributed by atoms with Crippen LogP contribution in [0.15, 0.2) is 0 Å². The van der Waals surface area contributed by atoms with Crippen LogP contribution in [-0.2, 0) is 4.79 Å². The molecular formula is C14H27N3O. The number of piperidine rings is 1. The highest BCUT2D eigenvalue weighted by Crippen LogP contribution is 2.13. The first-order valence-electron chi connectivity index (χ1n) is 7.38. The maximum absolute atomic E-state index is 11.1. The van der Waals surface area contributed by atoms with Crippen LogP contribution in [0.25, 0.3) is 0 Å². The Labute approximate surface area is 110 Å². The van der Waals surface area contributed by atoms with Crippen molar-refractivity contribution in [3.63, 3.8) is 0 Å². The minimum absolute atomic E-state index is 0.216. The molecule has 2 rings (SSSR count). The van der Waals surface area contributed by atoms with Gasteiger partial charge in [0.15, 0.2) is 0 Å². The number of rotatable bonds is 5. The van der Waals surface area contributed by atoms with Gasteiger partial charge in [0.1, 0.15) is 0 Å². The van der Waals surface area contributed by atoms with Crippen LogP contribution in [0.4, 0.5) is 0 Å². The summed E-state index contributed by atoms with van der Waals surface area (Å²) in [5, 5.41) is 6.63. The molecule has 0 bridgehead atoms. The van der Waals surface area contributed by atoms with E-state index >= 15 is 0 Å². The van der Waals surface area contributed by atoms with Gasteiger partial charge in [-0.2, -0.15) is 0 Å². The van der Waals surface area contributed by atoms with Gasteiger partial charge in [-0.3, -0.25) is 4.79 Å². The quantitative estimate of drug-likeness (QED) is 0.767. The predicted molar refractivity (Wildman–Crippen MR) is 73.5 cm³/mol. The summed E-state index contributed by atoms with van der Waals surface area (Å²) in [5.74, 6) is 0.983. The van der Waals surface area contributed by atoms with E-state index in [2.05, 4.69) is 29.4 Å². The molecule has 2 aliphatic rings. The molecule has 0 aromatic carbocycles. The van der Waals surface area contributed by atoms with Crippen LogP contribution >= 0.6 is 0 Å². The largest absolute Gasteiger partial charge is 0.352 e. The Morgan fingerprint density at radius 1 is 1.33 bits per heavy atom. The summed E-state index contributed by atoms with van der Waals surface area (Å²) in [5.41, 5.74) is 0. The second-order valence-corrected chi connectivity index (χ2v) is 6.18. The second kappa shape index (κ2) is 6.53. The second-order valence-electron chi connectivity index (χ2n) is 6.18. The van der Waals surface area contributed by atoms with Crippen LogP contribution in [0.3, 0.4) is 0 Å². The number of amides is 1. The van der Waals surface area contributed by atoms with Crippen molar-refractivity contribution < 1.29 is 4.79 Å². The molecular weight excluding hydrogens is 226 g/mol. The average Bonchev–Trinajstić information content (AvgIpc) is 2.74. The molecule has 1 atom stereocenters. The zero-order valence-electron chi connectivity index (χ0n) is 11.7. The maximum Gasteiger partial charge on any atom is 0.220 e. The standard InChI is InChI=1S/C14H27N3O/c1-11(2)10-17-7-5-12(6-8-17)15-9-13-3-4-14(18)16-13/h11-13,15H,3-10H2,1-2H3,(H,16,18). The number of carbonyl (C=O) groups excluding carboxylic acids is 1. The van der Waals surface area contributed by atoms with Crippen LogP contribution in [0, 0.1) is 5.92 Å². The van der Waals surface area contributed by atoms with Gasteiger partial charge in [0.05, 0.1) is 0 Å². The fraction of sp³-hybridized carbons (Fsp3) is 0.929. The van der Waals surface area contributed by atoms with Gasteiger partial charge in [-0.05, 0) is 38.3 Å². The van der Waals surface area contributed by atoms with Crippen LogP contribution in [0.5, 0.6) is 0 Å². The lowest BCUT2D eigenvalue weighted by Crippen LogP contribution is -2.46. The number of carbonyl (C=O) groups is 1. The summed E-state index contributed by atoms with van der Waals surface area (Å²) >= 11 is 0. The third kappa shape index (κ3) is 4.25. The Balaban J connectivity index is 1.60. The molecule has 1 amide bonds. The molecule has 0 aromatic heterocycles. The van der Waals surface area contributed by atoms with Crippen LogP contribution in [0.1, 0.15) is 39.5 Å². The van der Waals surface area contributed by atoms with E-state index in [1.807, 2.05) is 0 Å². The normalized spacial score (nSPS) is 26.8. The van der Waals surface area contributed by atoms with E-state index in [0.717, 1.165) is 18.9 Å². The Morgan fingerprint density at radius 2 is 2.06 bits per heavy atom. The predicted octanol–water partition coefficient (Wildman–Crippen LogP) is 0.975. The van der Waals surface area contributed by atoms with Gasteiger partial charge in [-0.25, -0.2) is 0 Å². The van der Waals surface area contributed by atoms with Gasteiger partial charge in [0.2, 0.25) is 5.91 Å². The van der Waals surface area contributed by atoms with Gasteiger partial charge in [0, 0.05) is 31.6 Å². The molecule has 0 aromatic rings. The molecule has 0 saturated carbocycles. The van der Waals surface area contributed by atoms with Crippen molar-refractivity contribution in [2.75, 3.05) is 26.2 Å². The summed E-state index contributed by atoms with van der Waals surface area (Å²) in [4.78, 5) is 13.7. The first-order chi connectivity index (χ1) is 8.63. The van der Waals surface area contributed by atoms with Gasteiger partial charge in [-0.15, -0.1) is 0 Å². The van der Waals surface area contributed by atoms with Gasteiger partial charge in [0.25, 0.3) is 0 Å². The van der Waals surface area contributed by atoms with Crippen LogP contribution in [-0.4, -0.2) is 49.1 Å². The monoisotopic (exact) mass is 253 g/mol. The Kier molecular flexibility index (Phi) is 5.01. The summed E-state index contributed by atoms with van der Waals surface area (Å²) in [6.45, 7) is 9.17. The molecule has 2 aliphatic heterocycles. The van der Waals surface area contributed by atoms with Crippen LogP contribution < -0.4 is 10.6 Å². The van der Waals surface area contributed by atoms with Crippen molar-refractivity contribution in [2.24, 2.45) is 5.92 Å². The summed E-state index contributed by atoms with van der Waals surface area (Å²) in [7, 11) is 0. The van der Waals surface area contributed by atoms with Crippen molar-refractivity contribution in [1.82, 2.24) is 15.5 Å². The van der Waals surface area contributed by atoms with E-state index in [4.69, 9.17) is 0 Å². The third-order valence-electron chi connectivity index (χ3n) is 3.95. The van der Waals surface area contributed by atoms with Crippen molar-refractivity contribution in [3.8, 4) is 0 Å². The first-order valence-corrected chi connectivity index (χ1v) is 7.38. The molecule has 1 unspecified atom stereocenters. The molecule has 18 heavy (non-hydrogen) atoms. The van der Waals surface area contributed by atoms with E-state index in [-0.39, 0.29) is 5.91 Å². The van der Waals surface area contributed by atoms with E-state index in [9.17, 15) is 4.79 Å². The van der Waals surface area contributed by atoms with E-state index in [0.29, 0.717) is 18.5 Å². The minimum Gasteiger partial charge on any atom is -0.352 e. The fourth-order valence-electron chi connectivity index (χ4n) is 2.98. The Morgan fingerprint density at radius 3 is 2.61 bits per heavy atom. The van der Waals surface area contributed by atoms with E-state index in [1.165, 1.54) is 32.5 Å². The highest BCUT2D eigenvalue weighted by Gasteiger charge is 2.23. The molecule has 2 N–H and O–H groups in total. The van der Waals surface area contributed by atoms with Gasteiger partial charge < -0.3 is 15.5 Å². The highest BCUT2D eigenvalue weighted by atomic mass is 16.1. The number of nitrogens with zero attached hydrogens (tertiary/aromatic N) is 1. The molecule has 4 heteroatoms. The molecule has 0 spiro atoms. The molecule has 104 valence electrons. The Bertz CT molecular complexity index is 272. The Hall–Kier alpha value is -0.610. The van der Waals surface area contributed by atoms with Gasteiger partial charge in [-0.1, -0.05) is 13.8 Å². The average molecular weight is 253 g/mol. The lowest BCUT2D eigenvalue weighted by molar-refractivity contribution is -0.119. The number of hydrogen-bond donors (Lipinski definition) is 2. The summed E-state index contributed by atoms with van der Waals surface area (Å²) < 4.78 is 0. The minimum atomic E-state index is 0.216. The van der Waals surface area contributed by atoms with E-state index in [1.54, 1.807) is 0 Å². The lowest BCUT2D eigenvalue weighted by atomic mass is 10.0.